The van der Waals surface area contributed by atoms with Gasteiger partial charge < -0.3 is 20.5 Å². The topological polar surface area (TPSA) is 240 Å². The molecule has 0 bridgehead atoms. The number of nitrogens with zero attached hydrogens (tertiary/aromatic N) is 4. The number of rotatable bonds is 7. The molecule has 16 nitrogen and oxygen atoms in total. The standard InChI is InChI=1S/C14H21N5O11S3/c1-31(22,23)28-10-8(20)7(19-5-18-6-13(15)16-4-17-14(6)19)9(21)11(29-32(2,24)25)12(10)30-33(3,26)27/h4-5,7-12,20-21H,1-3H3,(H2,15,16,17)/t7?,8-,9-,10-,11+,12?/m0/s1. The highest BCUT2D eigenvalue weighted by atomic mass is 32.2. The molecule has 0 aromatic carbocycles. The molecule has 4 N–H and O–H groups in total. The molecule has 1 fully saturated rings. The van der Waals surface area contributed by atoms with Gasteiger partial charge in [-0.25, -0.2) is 15.0 Å². The third kappa shape index (κ3) is 5.74. The van der Waals surface area contributed by atoms with Crippen molar-refractivity contribution in [1.29, 1.82) is 0 Å². The molecule has 2 aromatic heterocycles. The van der Waals surface area contributed by atoms with Crippen LogP contribution in [0.1, 0.15) is 6.04 Å². The second kappa shape index (κ2) is 8.65. The lowest BCUT2D eigenvalue weighted by Gasteiger charge is -2.45. The summed E-state index contributed by atoms with van der Waals surface area (Å²) in [6.45, 7) is 0. The summed E-state index contributed by atoms with van der Waals surface area (Å²) >= 11 is 0. The SMILES string of the molecule is CS(=O)(=O)OC1[C@@H](OS(C)(=O)=O)[C@@H](O)C(n2cnc3c(N)ncnc32)[C@H](O)[C@H]1OS(C)(=O)=O. The summed E-state index contributed by atoms with van der Waals surface area (Å²) in [5, 5.41) is 22.0. The normalized spacial score (nSPS) is 29.4. The summed E-state index contributed by atoms with van der Waals surface area (Å²) in [5.41, 5.74) is 5.79. The first-order valence-electron chi connectivity index (χ1n) is 8.92. The van der Waals surface area contributed by atoms with Crippen molar-refractivity contribution < 1.29 is 48.0 Å². The number of imidazole rings is 1. The van der Waals surface area contributed by atoms with E-state index in [-0.39, 0.29) is 17.0 Å². The van der Waals surface area contributed by atoms with Gasteiger partial charge in [-0.05, 0) is 0 Å². The lowest BCUT2D eigenvalue weighted by atomic mass is 9.83. The summed E-state index contributed by atoms with van der Waals surface area (Å²) in [6.07, 6.45) is -6.17. The minimum absolute atomic E-state index is 0.00991. The summed E-state index contributed by atoms with van der Waals surface area (Å²) in [4.78, 5) is 11.7. The van der Waals surface area contributed by atoms with Crippen molar-refractivity contribution in [1.82, 2.24) is 19.5 Å². The predicted octanol–water partition coefficient (Wildman–Crippen LogP) is -3.28. The van der Waals surface area contributed by atoms with Crippen molar-refractivity contribution in [2.24, 2.45) is 0 Å². The molecule has 2 heterocycles. The summed E-state index contributed by atoms with van der Waals surface area (Å²) in [6, 6.07) is -1.60. The third-order valence-corrected chi connectivity index (χ3v) is 6.30. The number of nitrogen functional groups attached to an aromatic ring is 1. The molecule has 186 valence electrons. The molecule has 1 aliphatic rings. The third-order valence-electron chi connectivity index (χ3n) is 4.59. The van der Waals surface area contributed by atoms with Crippen molar-refractivity contribution in [3.05, 3.63) is 12.7 Å². The van der Waals surface area contributed by atoms with E-state index in [1.807, 2.05) is 0 Å². The number of anilines is 1. The van der Waals surface area contributed by atoms with E-state index in [2.05, 4.69) is 15.0 Å². The van der Waals surface area contributed by atoms with Gasteiger partial charge in [0.1, 0.15) is 42.4 Å². The van der Waals surface area contributed by atoms with Gasteiger partial charge in [-0.2, -0.15) is 25.3 Å². The van der Waals surface area contributed by atoms with Gasteiger partial charge in [-0.3, -0.25) is 12.5 Å². The highest BCUT2D eigenvalue weighted by Gasteiger charge is 2.56. The van der Waals surface area contributed by atoms with Crippen LogP contribution < -0.4 is 5.73 Å². The van der Waals surface area contributed by atoms with Crippen LogP contribution in [0.25, 0.3) is 11.2 Å². The van der Waals surface area contributed by atoms with Gasteiger partial charge in [0.05, 0.1) is 31.1 Å². The Labute approximate surface area is 188 Å². The fraction of sp³-hybridized carbons (Fsp3) is 0.643. The van der Waals surface area contributed by atoms with Crippen LogP contribution in [0.4, 0.5) is 5.82 Å². The van der Waals surface area contributed by atoms with Gasteiger partial charge in [0.15, 0.2) is 11.5 Å². The van der Waals surface area contributed by atoms with Crippen LogP contribution in [0.3, 0.4) is 0 Å². The maximum absolute atomic E-state index is 11.9. The molecule has 0 spiro atoms. The molecule has 0 amide bonds. The number of aliphatic hydroxyl groups excluding tert-OH is 2. The van der Waals surface area contributed by atoms with E-state index in [1.54, 1.807) is 0 Å². The van der Waals surface area contributed by atoms with E-state index in [4.69, 9.17) is 18.3 Å². The Bertz CT molecular complexity index is 1310. The molecule has 33 heavy (non-hydrogen) atoms. The zero-order chi connectivity index (χ0) is 24.9. The molecule has 0 aliphatic heterocycles. The highest BCUT2D eigenvalue weighted by molar-refractivity contribution is 7.86. The van der Waals surface area contributed by atoms with Crippen molar-refractivity contribution in [3.63, 3.8) is 0 Å². The molecular weight excluding hydrogens is 510 g/mol. The van der Waals surface area contributed by atoms with Crippen molar-refractivity contribution in [2.75, 3.05) is 24.5 Å². The number of nitrogens with two attached hydrogens (primary N) is 1. The Balaban J connectivity index is 2.22. The summed E-state index contributed by atoms with van der Waals surface area (Å²) in [5.74, 6) is -0.0512. The summed E-state index contributed by atoms with van der Waals surface area (Å²) in [7, 11) is -13.1. The van der Waals surface area contributed by atoms with Crippen molar-refractivity contribution in [3.8, 4) is 0 Å². The Morgan fingerprint density at radius 1 is 0.818 bits per heavy atom. The quantitative estimate of drug-likeness (QED) is 0.297. The van der Waals surface area contributed by atoms with E-state index in [9.17, 15) is 35.5 Å². The highest BCUT2D eigenvalue weighted by Crippen LogP contribution is 2.38. The van der Waals surface area contributed by atoms with E-state index in [0.29, 0.717) is 18.8 Å². The van der Waals surface area contributed by atoms with Crippen molar-refractivity contribution >= 4 is 47.3 Å². The number of hydrogen-bond acceptors (Lipinski definition) is 15. The van der Waals surface area contributed by atoms with Crippen LogP contribution in [-0.4, -0.2) is 104 Å². The van der Waals surface area contributed by atoms with Crippen molar-refractivity contribution in [2.45, 2.75) is 36.6 Å². The first kappa shape index (κ1) is 25.6. The van der Waals surface area contributed by atoms with Crippen LogP contribution >= 0.6 is 0 Å². The van der Waals surface area contributed by atoms with Gasteiger partial charge in [0.2, 0.25) is 0 Å². The van der Waals surface area contributed by atoms with Gasteiger partial charge in [0.25, 0.3) is 30.4 Å². The van der Waals surface area contributed by atoms with Crippen LogP contribution in [0, 0.1) is 0 Å². The first-order valence-corrected chi connectivity index (χ1v) is 14.4. The minimum atomic E-state index is -4.39. The molecule has 0 radical (unpaired) electrons. The molecule has 2 unspecified atom stereocenters. The van der Waals surface area contributed by atoms with Gasteiger partial charge in [-0.15, -0.1) is 0 Å². The van der Waals surface area contributed by atoms with Gasteiger partial charge >= 0.3 is 0 Å². The average Bonchev–Trinajstić information content (AvgIpc) is 3.04. The Morgan fingerprint density at radius 2 is 1.27 bits per heavy atom. The second-order valence-electron chi connectivity index (χ2n) is 7.35. The molecule has 1 saturated carbocycles. The molecule has 6 atom stereocenters. The smallest absolute Gasteiger partial charge is 0.264 e. The van der Waals surface area contributed by atoms with E-state index in [1.165, 1.54) is 0 Å². The van der Waals surface area contributed by atoms with Crippen LogP contribution in [-0.2, 0) is 42.9 Å². The first-order chi connectivity index (χ1) is 15.0. The fourth-order valence-corrected chi connectivity index (χ4v) is 5.40. The second-order valence-corrected chi connectivity index (χ2v) is 12.2. The number of aliphatic hydroxyl groups is 2. The van der Waals surface area contributed by atoms with Crippen LogP contribution in [0.5, 0.6) is 0 Å². The minimum Gasteiger partial charge on any atom is -0.388 e. The molecule has 2 aromatic rings. The van der Waals surface area contributed by atoms with Gasteiger partial charge in [0, 0.05) is 0 Å². The van der Waals surface area contributed by atoms with E-state index >= 15 is 0 Å². The Hall–Kier alpha value is -2.00. The Kier molecular flexibility index (Phi) is 6.72. The zero-order valence-electron chi connectivity index (χ0n) is 17.3. The predicted molar refractivity (Wildman–Crippen MR) is 110 cm³/mol. The number of hydrogen-bond donors (Lipinski definition) is 3. The molecule has 0 saturated heterocycles. The van der Waals surface area contributed by atoms with Crippen LogP contribution in [0.15, 0.2) is 12.7 Å². The van der Waals surface area contributed by atoms with E-state index < -0.39 is 66.9 Å². The molecule has 19 heteroatoms. The van der Waals surface area contributed by atoms with Crippen LogP contribution in [0.2, 0.25) is 0 Å². The monoisotopic (exact) mass is 531 g/mol. The zero-order valence-corrected chi connectivity index (χ0v) is 19.7. The number of aromatic nitrogens is 4. The summed E-state index contributed by atoms with van der Waals surface area (Å²) < 4.78 is 86.7. The maximum atomic E-state index is 11.9. The number of fused-ring (bicyclic) bond motifs is 1. The lowest BCUT2D eigenvalue weighted by Crippen LogP contribution is -2.64. The fourth-order valence-electron chi connectivity index (χ4n) is 3.52. The van der Waals surface area contributed by atoms with E-state index in [0.717, 1.165) is 17.2 Å². The van der Waals surface area contributed by atoms with Gasteiger partial charge in [-0.1, -0.05) is 0 Å². The average molecular weight is 532 g/mol. The lowest BCUT2D eigenvalue weighted by molar-refractivity contribution is -0.172. The Morgan fingerprint density at radius 3 is 1.73 bits per heavy atom. The largest absolute Gasteiger partial charge is 0.388 e. The molecular formula is C14H21N5O11S3. The molecule has 1 aliphatic carbocycles. The maximum Gasteiger partial charge on any atom is 0.264 e. The molecule has 3 rings (SSSR count).